The number of hydrogen-bond donors (Lipinski definition) is 1. The Morgan fingerprint density at radius 2 is 1.94 bits per heavy atom. The van der Waals surface area contributed by atoms with Crippen LogP contribution >= 0.6 is 0 Å². The number of aliphatic hydroxyl groups is 1. The van der Waals surface area contributed by atoms with E-state index in [1.807, 2.05) is 11.9 Å². The smallest absolute Gasteiger partial charge is 0.269 e. The zero-order valence-electron chi connectivity index (χ0n) is 10.2. The molecule has 1 unspecified atom stereocenters. The average Bonchev–Trinajstić information content (AvgIpc) is 2.29. The number of hydrogen-bond acceptors (Lipinski definition) is 4. The van der Waals surface area contributed by atoms with E-state index in [9.17, 15) is 15.2 Å². The van der Waals surface area contributed by atoms with Gasteiger partial charge in [-0.25, -0.2) is 0 Å². The molecule has 102 valence electrons. The molecule has 0 aliphatic carbocycles. The van der Waals surface area contributed by atoms with Gasteiger partial charge in [0.15, 0.2) is 0 Å². The highest BCUT2D eigenvalue weighted by Crippen LogP contribution is 2.18. The van der Waals surface area contributed by atoms with E-state index in [0.29, 0.717) is 12.1 Å². The molecule has 18 heavy (non-hydrogen) atoms. The van der Waals surface area contributed by atoms with Crippen LogP contribution in [0.1, 0.15) is 32.4 Å². The van der Waals surface area contributed by atoms with Crippen LogP contribution < -0.4 is 0 Å². The Hall–Kier alpha value is -1.46. The predicted octanol–water partition coefficient (Wildman–Crippen LogP) is 2.61. The summed E-state index contributed by atoms with van der Waals surface area (Å²) in [6.45, 7) is 3.53. The molecule has 0 heterocycles. The molecule has 1 aromatic rings. The van der Waals surface area contributed by atoms with E-state index >= 15 is 0 Å². The van der Waals surface area contributed by atoms with Crippen LogP contribution in [-0.2, 0) is 0 Å². The fourth-order valence-electron chi connectivity index (χ4n) is 1.69. The summed E-state index contributed by atoms with van der Waals surface area (Å²) in [4.78, 5) is 12.1. The van der Waals surface area contributed by atoms with Gasteiger partial charge in [0.2, 0.25) is 0 Å². The Labute approximate surface area is 108 Å². The molecular formula is C13H22N2O3. The van der Waals surface area contributed by atoms with E-state index in [1.54, 1.807) is 12.1 Å². The van der Waals surface area contributed by atoms with E-state index in [2.05, 4.69) is 6.92 Å². The quantitative estimate of drug-likeness (QED) is 0.626. The molecule has 0 saturated carbocycles. The second-order valence-electron chi connectivity index (χ2n) is 4.13. The third kappa shape index (κ3) is 4.81. The van der Waals surface area contributed by atoms with Crippen LogP contribution in [0.25, 0.3) is 0 Å². The second-order valence-corrected chi connectivity index (χ2v) is 4.13. The van der Waals surface area contributed by atoms with Gasteiger partial charge >= 0.3 is 0 Å². The minimum absolute atomic E-state index is 0. The summed E-state index contributed by atoms with van der Waals surface area (Å²) in [6.07, 6.45) is 0.427. The zero-order valence-corrected chi connectivity index (χ0v) is 10.2. The molecule has 0 saturated heterocycles. The normalized spacial score (nSPS) is 12.0. The van der Waals surface area contributed by atoms with Crippen molar-refractivity contribution in [3.05, 3.63) is 39.9 Å². The number of nitro groups is 1. The van der Waals surface area contributed by atoms with Crippen molar-refractivity contribution in [3.63, 3.8) is 0 Å². The van der Waals surface area contributed by atoms with Crippen molar-refractivity contribution in [2.45, 2.75) is 26.9 Å². The van der Waals surface area contributed by atoms with Crippen LogP contribution in [0.2, 0.25) is 0 Å². The molecule has 1 atom stereocenters. The molecule has 0 bridgehead atoms. The molecule has 0 fully saturated rings. The Balaban J connectivity index is 0.00000289. The summed E-state index contributed by atoms with van der Waals surface area (Å²) < 4.78 is 0. The minimum atomic E-state index is -0.604. The largest absolute Gasteiger partial charge is 0.387 e. The predicted molar refractivity (Wildman–Crippen MR) is 72.6 cm³/mol. The highest BCUT2D eigenvalue weighted by Gasteiger charge is 2.12. The van der Waals surface area contributed by atoms with Gasteiger partial charge in [-0.05, 0) is 37.7 Å². The third-order valence-corrected chi connectivity index (χ3v) is 2.58. The van der Waals surface area contributed by atoms with Gasteiger partial charge in [-0.15, -0.1) is 0 Å². The highest BCUT2D eigenvalue weighted by atomic mass is 16.6. The number of likely N-dealkylation sites (N-methyl/N-ethyl adjacent to an activating group) is 1. The van der Waals surface area contributed by atoms with Crippen molar-refractivity contribution in [1.29, 1.82) is 0 Å². The zero-order chi connectivity index (χ0) is 12.8. The van der Waals surface area contributed by atoms with Crippen LogP contribution in [0.15, 0.2) is 24.3 Å². The van der Waals surface area contributed by atoms with E-state index in [4.69, 9.17) is 0 Å². The molecule has 0 radical (unpaired) electrons. The molecule has 0 aliphatic rings. The van der Waals surface area contributed by atoms with Gasteiger partial charge < -0.3 is 10.0 Å². The summed E-state index contributed by atoms with van der Waals surface area (Å²) >= 11 is 0. The van der Waals surface area contributed by atoms with Crippen molar-refractivity contribution in [1.82, 2.24) is 4.90 Å². The lowest BCUT2D eigenvalue weighted by molar-refractivity contribution is -0.384. The molecular weight excluding hydrogens is 232 g/mol. The van der Waals surface area contributed by atoms with Gasteiger partial charge in [-0.3, -0.25) is 10.1 Å². The Morgan fingerprint density at radius 1 is 1.39 bits per heavy atom. The summed E-state index contributed by atoms with van der Waals surface area (Å²) in [7, 11) is 1.94. The first kappa shape index (κ1) is 16.5. The molecule has 1 N–H and O–H groups in total. The van der Waals surface area contributed by atoms with E-state index in [0.717, 1.165) is 13.0 Å². The first-order chi connectivity index (χ1) is 8.04. The van der Waals surface area contributed by atoms with Gasteiger partial charge in [0.25, 0.3) is 5.69 Å². The van der Waals surface area contributed by atoms with Crippen LogP contribution in [0, 0.1) is 10.1 Å². The summed E-state index contributed by atoms with van der Waals surface area (Å²) in [6, 6.07) is 6.03. The van der Waals surface area contributed by atoms with Crippen molar-refractivity contribution >= 4 is 5.69 Å². The van der Waals surface area contributed by atoms with Crippen LogP contribution in [0.3, 0.4) is 0 Å². The van der Waals surface area contributed by atoms with Crippen LogP contribution in [-0.4, -0.2) is 35.1 Å². The third-order valence-electron chi connectivity index (χ3n) is 2.58. The number of benzene rings is 1. The van der Waals surface area contributed by atoms with Crippen LogP contribution in [0.4, 0.5) is 5.69 Å². The minimum Gasteiger partial charge on any atom is -0.387 e. The summed E-state index contributed by atoms with van der Waals surface area (Å²) in [5.74, 6) is 0. The van der Waals surface area contributed by atoms with Gasteiger partial charge in [-0.1, -0.05) is 14.4 Å². The first-order valence-electron chi connectivity index (χ1n) is 5.65. The molecule has 0 aromatic heterocycles. The van der Waals surface area contributed by atoms with E-state index < -0.39 is 11.0 Å². The fourth-order valence-corrected chi connectivity index (χ4v) is 1.69. The van der Waals surface area contributed by atoms with Crippen molar-refractivity contribution in [2.24, 2.45) is 0 Å². The highest BCUT2D eigenvalue weighted by molar-refractivity contribution is 5.33. The number of nitro benzene ring substituents is 1. The first-order valence-corrected chi connectivity index (χ1v) is 5.65. The van der Waals surface area contributed by atoms with E-state index in [1.165, 1.54) is 12.1 Å². The van der Waals surface area contributed by atoms with E-state index in [-0.39, 0.29) is 13.1 Å². The molecule has 5 nitrogen and oxygen atoms in total. The Bertz CT molecular complexity index is 365. The van der Waals surface area contributed by atoms with Gasteiger partial charge in [-0.2, -0.15) is 0 Å². The number of nitrogens with zero attached hydrogens (tertiary/aromatic N) is 2. The SMILES string of the molecule is C.CCCN(C)CC(O)c1ccc([N+](=O)[O-])cc1. The Kier molecular flexibility index (Phi) is 7.16. The molecule has 1 aromatic carbocycles. The number of aliphatic hydroxyl groups excluding tert-OH is 1. The fraction of sp³-hybridized carbons (Fsp3) is 0.538. The Morgan fingerprint density at radius 3 is 2.39 bits per heavy atom. The number of rotatable bonds is 6. The molecule has 0 aliphatic heterocycles. The topological polar surface area (TPSA) is 66.6 Å². The lowest BCUT2D eigenvalue weighted by Gasteiger charge is -2.19. The van der Waals surface area contributed by atoms with Crippen molar-refractivity contribution < 1.29 is 10.0 Å². The van der Waals surface area contributed by atoms with Crippen molar-refractivity contribution in [2.75, 3.05) is 20.1 Å². The molecule has 0 spiro atoms. The number of non-ortho nitro benzene ring substituents is 1. The second kappa shape index (κ2) is 7.79. The standard InChI is InChI=1S/C12H18N2O3.CH4/c1-3-8-13(2)9-12(15)10-4-6-11(7-5-10)14(16)17;/h4-7,12,15H,3,8-9H2,1-2H3;1H4. The van der Waals surface area contributed by atoms with Crippen molar-refractivity contribution in [3.8, 4) is 0 Å². The lowest BCUT2D eigenvalue weighted by atomic mass is 10.1. The monoisotopic (exact) mass is 254 g/mol. The van der Waals surface area contributed by atoms with Crippen LogP contribution in [0.5, 0.6) is 0 Å². The van der Waals surface area contributed by atoms with Gasteiger partial charge in [0.1, 0.15) is 0 Å². The summed E-state index contributed by atoms with van der Waals surface area (Å²) in [5.41, 5.74) is 0.751. The molecule has 0 amide bonds. The summed E-state index contributed by atoms with van der Waals surface area (Å²) in [5, 5.41) is 20.4. The van der Waals surface area contributed by atoms with Gasteiger partial charge in [0, 0.05) is 18.7 Å². The maximum absolute atomic E-state index is 10.5. The molecule has 1 rings (SSSR count). The molecule has 5 heteroatoms. The maximum atomic E-state index is 10.5. The lowest BCUT2D eigenvalue weighted by Crippen LogP contribution is -2.25. The average molecular weight is 254 g/mol. The maximum Gasteiger partial charge on any atom is 0.269 e. The van der Waals surface area contributed by atoms with Gasteiger partial charge in [0.05, 0.1) is 11.0 Å².